The van der Waals surface area contributed by atoms with Crippen LogP contribution in [0.15, 0.2) is 30.3 Å². The zero-order chi connectivity index (χ0) is 11.4. The van der Waals surface area contributed by atoms with Crippen molar-refractivity contribution in [1.82, 2.24) is 0 Å². The number of rotatable bonds is 4. The maximum absolute atomic E-state index is 12.0. The number of Topliss-reactive ketones (excluding diaryl/α,β-unsaturated/α-hetero) is 1. The average Bonchev–Trinajstić information content (AvgIpc) is 2.27. The molecule has 0 fully saturated rings. The van der Waals surface area contributed by atoms with E-state index in [1.54, 1.807) is 6.92 Å². The molecule has 0 saturated heterocycles. The number of aliphatic hydroxyl groups excluding tert-OH is 1. The van der Waals surface area contributed by atoms with Crippen LogP contribution in [-0.2, 0) is 0 Å². The van der Waals surface area contributed by atoms with Crippen LogP contribution in [0.5, 0.6) is 0 Å². The van der Waals surface area contributed by atoms with Gasteiger partial charge >= 0.3 is 0 Å². The van der Waals surface area contributed by atoms with E-state index in [-0.39, 0.29) is 17.6 Å². The Bertz CT molecular complexity index is 317. The predicted molar refractivity (Wildman–Crippen MR) is 60.8 cm³/mol. The van der Waals surface area contributed by atoms with E-state index >= 15 is 0 Å². The lowest BCUT2D eigenvalue weighted by Gasteiger charge is -2.21. The van der Waals surface area contributed by atoms with Gasteiger partial charge in [-0.25, -0.2) is 0 Å². The fourth-order valence-corrected chi connectivity index (χ4v) is 1.52. The van der Waals surface area contributed by atoms with Gasteiger partial charge in [0.05, 0.1) is 6.10 Å². The molecule has 0 aliphatic rings. The SMILES string of the molecule is CC(O)C(C)C(C)C(=O)c1ccccc1. The van der Waals surface area contributed by atoms with Gasteiger partial charge in [-0.2, -0.15) is 0 Å². The highest BCUT2D eigenvalue weighted by atomic mass is 16.3. The fraction of sp³-hybridized carbons (Fsp3) is 0.462. The van der Waals surface area contributed by atoms with Crippen LogP contribution in [0.3, 0.4) is 0 Å². The minimum Gasteiger partial charge on any atom is -0.393 e. The molecular formula is C13H18O2. The third-order valence-electron chi connectivity index (χ3n) is 3.02. The van der Waals surface area contributed by atoms with Gasteiger partial charge in [0.15, 0.2) is 5.78 Å². The summed E-state index contributed by atoms with van der Waals surface area (Å²) < 4.78 is 0. The van der Waals surface area contributed by atoms with Gasteiger partial charge in [-0.05, 0) is 12.8 Å². The second kappa shape index (κ2) is 5.08. The van der Waals surface area contributed by atoms with Gasteiger partial charge in [0.1, 0.15) is 0 Å². The molecule has 0 heterocycles. The average molecular weight is 206 g/mol. The molecule has 15 heavy (non-hydrogen) atoms. The zero-order valence-electron chi connectivity index (χ0n) is 9.47. The maximum atomic E-state index is 12.0. The summed E-state index contributed by atoms with van der Waals surface area (Å²) in [5, 5.41) is 9.43. The van der Waals surface area contributed by atoms with Crippen LogP contribution in [-0.4, -0.2) is 17.0 Å². The molecule has 1 aromatic carbocycles. The molecule has 1 aromatic rings. The number of hydrogen-bond acceptors (Lipinski definition) is 2. The molecule has 1 rings (SSSR count). The highest BCUT2D eigenvalue weighted by Gasteiger charge is 2.24. The summed E-state index contributed by atoms with van der Waals surface area (Å²) in [7, 11) is 0. The summed E-state index contributed by atoms with van der Waals surface area (Å²) in [6.45, 7) is 5.49. The normalized spacial score (nSPS) is 16.8. The molecule has 0 bridgehead atoms. The van der Waals surface area contributed by atoms with Crippen LogP contribution in [0.1, 0.15) is 31.1 Å². The van der Waals surface area contributed by atoms with E-state index in [1.807, 2.05) is 44.2 Å². The predicted octanol–water partition coefficient (Wildman–Crippen LogP) is 2.52. The number of carbonyl (C=O) groups excluding carboxylic acids is 1. The van der Waals surface area contributed by atoms with Crippen LogP contribution in [0.4, 0.5) is 0 Å². The molecule has 82 valence electrons. The Balaban J connectivity index is 2.78. The molecule has 0 aromatic heterocycles. The van der Waals surface area contributed by atoms with E-state index in [4.69, 9.17) is 0 Å². The molecule has 0 aliphatic heterocycles. The maximum Gasteiger partial charge on any atom is 0.166 e. The van der Waals surface area contributed by atoms with Gasteiger partial charge in [-0.3, -0.25) is 4.79 Å². The zero-order valence-corrected chi connectivity index (χ0v) is 9.47. The standard InChI is InChI=1S/C13H18O2/c1-9(11(3)14)10(2)13(15)12-7-5-4-6-8-12/h4-11,14H,1-3H3. The monoisotopic (exact) mass is 206 g/mol. The van der Waals surface area contributed by atoms with Gasteiger partial charge in [0.2, 0.25) is 0 Å². The van der Waals surface area contributed by atoms with Gasteiger partial charge in [-0.15, -0.1) is 0 Å². The van der Waals surface area contributed by atoms with E-state index in [1.165, 1.54) is 0 Å². The Kier molecular flexibility index (Phi) is 4.04. The molecule has 3 unspecified atom stereocenters. The molecule has 2 nitrogen and oxygen atoms in total. The van der Waals surface area contributed by atoms with Crippen molar-refractivity contribution in [3.05, 3.63) is 35.9 Å². The van der Waals surface area contributed by atoms with Crippen molar-refractivity contribution in [2.75, 3.05) is 0 Å². The van der Waals surface area contributed by atoms with E-state index in [9.17, 15) is 9.90 Å². The summed E-state index contributed by atoms with van der Waals surface area (Å²) in [5.41, 5.74) is 0.720. The van der Waals surface area contributed by atoms with Crippen LogP contribution >= 0.6 is 0 Å². The molecule has 2 heteroatoms. The molecule has 1 N–H and O–H groups in total. The Morgan fingerprint density at radius 2 is 1.67 bits per heavy atom. The number of benzene rings is 1. The lowest BCUT2D eigenvalue weighted by Crippen LogP contribution is -2.27. The summed E-state index contributed by atoms with van der Waals surface area (Å²) in [4.78, 5) is 12.0. The van der Waals surface area contributed by atoms with E-state index < -0.39 is 6.10 Å². The Morgan fingerprint density at radius 1 is 1.13 bits per heavy atom. The van der Waals surface area contributed by atoms with Gasteiger partial charge < -0.3 is 5.11 Å². The fourth-order valence-electron chi connectivity index (χ4n) is 1.52. The highest BCUT2D eigenvalue weighted by molar-refractivity contribution is 5.97. The van der Waals surface area contributed by atoms with Crippen molar-refractivity contribution in [3.63, 3.8) is 0 Å². The van der Waals surface area contributed by atoms with Gasteiger partial charge in [0, 0.05) is 11.5 Å². The second-order valence-corrected chi connectivity index (χ2v) is 4.12. The second-order valence-electron chi connectivity index (χ2n) is 4.12. The third kappa shape index (κ3) is 2.90. The first-order valence-corrected chi connectivity index (χ1v) is 5.31. The van der Waals surface area contributed by atoms with Gasteiger partial charge in [0.25, 0.3) is 0 Å². The topological polar surface area (TPSA) is 37.3 Å². The van der Waals surface area contributed by atoms with Crippen molar-refractivity contribution in [1.29, 1.82) is 0 Å². The van der Waals surface area contributed by atoms with E-state index in [0.717, 1.165) is 5.56 Å². The lowest BCUT2D eigenvalue weighted by atomic mass is 9.85. The van der Waals surface area contributed by atoms with Crippen molar-refractivity contribution >= 4 is 5.78 Å². The third-order valence-corrected chi connectivity index (χ3v) is 3.02. The number of aliphatic hydroxyl groups is 1. The Morgan fingerprint density at radius 3 is 2.13 bits per heavy atom. The van der Waals surface area contributed by atoms with E-state index in [2.05, 4.69) is 0 Å². The quantitative estimate of drug-likeness (QED) is 0.769. The van der Waals surface area contributed by atoms with Crippen LogP contribution in [0.2, 0.25) is 0 Å². The van der Waals surface area contributed by atoms with E-state index in [0.29, 0.717) is 0 Å². The molecule has 0 aliphatic carbocycles. The molecule has 0 radical (unpaired) electrons. The molecule has 0 spiro atoms. The largest absolute Gasteiger partial charge is 0.393 e. The van der Waals surface area contributed by atoms with Crippen molar-refractivity contribution < 1.29 is 9.90 Å². The first-order chi connectivity index (χ1) is 7.04. The van der Waals surface area contributed by atoms with Gasteiger partial charge in [-0.1, -0.05) is 44.2 Å². The minimum atomic E-state index is -0.451. The van der Waals surface area contributed by atoms with Crippen LogP contribution < -0.4 is 0 Å². The summed E-state index contributed by atoms with van der Waals surface area (Å²) in [5.74, 6) is -0.0610. The lowest BCUT2D eigenvalue weighted by molar-refractivity contribution is 0.0717. The van der Waals surface area contributed by atoms with Crippen LogP contribution in [0.25, 0.3) is 0 Å². The minimum absolute atomic E-state index is 0.0160. The summed E-state index contributed by atoms with van der Waals surface area (Å²) >= 11 is 0. The number of carbonyl (C=O) groups is 1. The van der Waals surface area contributed by atoms with Crippen molar-refractivity contribution in [3.8, 4) is 0 Å². The number of ketones is 1. The summed E-state index contributed by atoms with van der Waals surface area (Å²) in [6, 6.07) is 9.22. The molecular weight excluding hydrogens is 188 g/mol. The first kappa shape index (κ1) is 11.9. The molecule has 3 atom stereocenters. The van der Waals surface area contributed by atoms with Crippen molar-refractivity contribution in [2.24, 2.45) is 11.8 Å². The van der Waals surface area contributed by atoms with Crippen molar-refractivity contribution in [2.45, 2.75) is 26.9 Å². The molecule has 0 saturated carbocycles. The Hall–Kier alpha value is -1.15. The molecule has 0 amide bonds. The smallest absolute Gasteiger partial charge is 0.166 e. The first-order valence-electron chi connectivity index (χ1n) is 5.31. The number of hydrogen-bond donors (Lipinski definition) is 1. The highest BCUT2D eigenvalue weighted by Crippen LogP contribution is 2.19. The van der Waals surface area contributed by atoms with Crippen LogP contribution in [0, 0.1) is 11.8 Å². The summed E-state index contributed by atoms with van der Waals surface area (Å²) in [6.07, 6.45) is -0.451. The Labute approximate surface area is 90.9 Å².